The minimum atomic E-state index is -1.12. The summed E-state index contributed by atoms with van der Waals surface area (Å²) in [7, 11) is 0. The Morgan fingerprint density at radius 2 is 1.26 bits per heavy atom. The largest absolute Gasteiger partial charge is 0.478 e. The number of H-pyrrole nitrogens is 1. The highest BCUT2D eigenvalue weighted by molar-refractivity contribution is 6.31. The standard InChI is InChI=1S/C37H22N2O8/c40-33(19-6-2-1-3-7-19)31-28-24-8-4-5-9-25(24)34(41)29-26(38-22-14-10-20(11-15-22)36(43)44)18-27(32(30(28)29)39-35(31)42)47-23-16-12-21(13-17-23)37(45)46/h1-18,38H,(H,39,42)(H,43,44)(H,45,46). The van der Waals surface area contributed by atoms with Crippen molar-refractivity contribution < 1.29 is 34.1 Å². The predicted octanol–water partition coefficient (Wildman–Crippen LogP) is 6.90. The number of pyridine rings is 1. The Morgan fingerprint density at radius 1 is 0.660 bits per heavy atom. The second-order valence-corrected chi connectivity index (χ2v) is 10.8. The van der Waals surface area contributed by atoms with E-state index >= 15 is 0 Å². The molecule has 0 spiro atoms. The lowest BCUT2D eigenvalue weighted by Gasteiger charge is -2.25. The molecule has 1 heterocycles. The number of benzene rings is 5. The van der Waals surface area contributed by atoms with Crippen LogP contribution in [0.2, 0.25) is 0 Å². The van der Waals surface area contributed by atoms with E-state index in [0.717, 1.165) is 0 Å². The lowest BCUT2D eigenvalue weighted by Crippen LogP contribution is -2.24. The van der Waals surface area contributed by atoms with Crippen LogP contribution < -0.4 is 15.6 Å². The van der Waals surface area contributed by atoms with Gasteiger partial charge in [0.05, 0.1) is 33.5 Å². The molecule has 0 saturated carbocycles. The van der Waals surface area contributed by atoms with Gasteiger partial charge in [0.2, 0.25) is 0 Å². The van der Waals surface area contributed by atoms with Gasteiger partial charge in [0.15, 0.2) is 17.3 Å². The maximum absolute atomic E-state index is 14.3. The summed E-state index contributed by atoms with van der Waals surface area (Å²) in [5.74, 6) is -2.76. The summed E-state index contributed by atoms with van der Waals surface area (Å²) in [5, 5.41) is 22.2. The lowest BCUT2D eigenvalue weighted by molar-refractivity contribution is 0.0686. The van der Waals surface area contributed by atoms with E-state index < -0.39 is 23.3 Å². The average Bonchev–Trinajstić information content (AvgIpc) is 3.08. The van der Waals surface area contributed by atoms with Gasteiger partial charge in [-0.3, -0.25) is 14.4 Å². The number of aromatic amines is 1. The van der Waals surface area contributed by atoms with Crippen LogP contribution in [0.1, 0.15) is 52.6 Å². The molecule has 10 heteroatoms. The third-order valence-electron chi connectivity index (χ3n) is 7.93. The van der Waals surface area contributed by atoms with Gasteiger partial charge in [-0.05, 0) is 54.1 Å². The smallest absolute Gasteiger partial charge is 0.335 e. The summed E-state index contributed by atoms with van der Waals surface area (Å²) in [5.41, 5.74) is 1.56. The van der Waals surface area contributed by atoms with Crippen LogP contribution in [0.25, 0.3) is 22.0 Å². The van der Waals surface area contributed by atoms with Crippen LogP contribution in [-0.2, 0) is 0 Å². The summed E-state index contributed by atoms with van der Waals surface area (Å²) >= 11 is 0. The maximum Gasteiger partial charge on any atom is 0.335 e. The molecule has 47 heavy (non-hydrogen) atoms. The van der Waals surface area contributed by atoms with E-state index in [9.17, 15) is 34.2 Å². The molecule has 0 amide bonds. The third-order valence-corrected chi connectivity index (χ3v) is 7.93. The minimum absolute atomic E-state index is 0.0427. The minimum Gasteiger partial charge on any atom is -0.478 e. The average molecular weight is 623 g/mol. The summed E-state index contributed by atoms with van der Waals surface area (Å²) in [6.07, 6.45) is 0. The van der Waals surface area contributed by atoms with E-state index in [-0.39, 0.29) is 72.8 Å². The number of hydrogen-bond donors (Lipinski definition) is 4. The number of ketones is 2. The Morgan fingerprint density at radius 3 is 1.89 bits per heavy atom. The molecule has 228 valence electrons. The molecule has 0 fully saturated rings. The number of carbonyl (C=O) groups is 4. The van der Waals surface area contributed by atoms with Crippen molar-refractivity contribution in [2.75, 3.05) is 5.32 Å². The fourth-order valence-corrected chi connectivity index (χ4v) is 5.76. The molecule has 4 N–H and O–H groups in total. The van der Waals surface area contributed by atoms with Crippen LogP contribution in [0.3, 0.4) is 0 Å². The van der Waals surface area contributed by atoms with Gasteiger partial charge in [0.25, 0.3) is 5.56 Å². The SMILES string of the molecule is O=C(O)c1ccc(Nc2cc(Oc3ccc(C(=O)O)cc3)c3[nH]c(=O)c(C(=O)c4ccccc4)c4c3c2C(=O)c2ccccc2-4)cc1. The second-order valence-electron chi connectivity index (χ2n) is 10.8. The zero-order valence-corrected chi connectivity index (χ0v) is 24.2. The lowest BCUT2D eigenvalue weighted by atomic mass is 9.80. The first kappa shape index (κ1) is 28.9. The quantitative estimate of drug-likeness (QED) is 0.132. The number of carbonyl (C=O) groups excluding carboxylic acids is 2. The summed E-state index contributed by atoms with van der Waals surface area (Å²) in [4.78, 5) is 67.8. The number of hydrogen-bond acceptors (Lipinski definition) is 7. The highest BCUT2D eigenvalue weighted by Gasteiger charge is 2.34. The monoisotopic (exact) mass is 622 g/mol. The van der Waals surface area contributed by atoms with Crippen molar-refractivity contribution in [3.05, 3.63) is 153 Å². The van der Waals surface area contributed by atoms with Gasteiger partial charge in [-0.15, -0.1) is 0 Å². The molecule has 7 rings (SSSR count). The molecule has 10 nitrogen and oxygen atoms in total. The number of aromatic carboxylic acids is 2. The maximum atomic E-state index is 14.3. The molecule has 0 radical (unpaired) electrons. The van der Waals surface area contributed by atoms with Crippen LogP contribution in [0.15, 0.2) is 114 Å². The van der Waals surface area contributed by atoms with Crippen molar-refractivity contribution in [3.8, 4) is 22.6 Å². The van der Waals surface area contributed by atoms with Crippen LogP contribution in [0.4, 0.5) is 11.4 Å². The van der Waals surface area contributed by atoms with Gasteiger partial charge in [-0.2, -0.15) is 0 Å². The Labute approximate surface area is 265 Å². The van der Waals surface area contributed by atoms with Gasteiger partial charge < -0.3 is 25.3 Å². The predicted molar refractivity (Wildman–Crippen MR) is 173 cm³/mol. The molecular weight excluding hydrogens is 600 g/mol. The topological polar surface area (TPSA) is 163 Å². The molecular formula is C37H22N2O8. The molecule has 5 aromatic carbocycles. The molecule has 6 aromatic rings. The van der Waals surface area contributed by atoms with Crippen molar-refractivity contribution >= 4 is 45.8 Å². The van der Waals surface area contributed by atoms with Crippen LogP contribution in [0, 0.1) is 0 Å². The number of ether oxygens (including phenoxy) is 1. The Hall–Kier alpha value is -6.81. The van der Waals surface area contributed by atoms with Gasteiger partial charge in [0.1, 0.15) is 5.75 Å². The fraction of sp³-hybridized carbons (Fsp3) is 0. The fourth-order valence-electron chi connectivity index (χ4n) is 5.76. The van der Waals surface area contributed by atoms with Crippen molar-refractivity contribution in [2.24, 2.45) is 0 Å². The molecule has 0 bridgehead atoms. The normalized spacial score (nSPS) is 11.5. The molecule has 1 aliphatic carbocycles. The highest BCUT2D eigenvalue weighted by atomic mass is 16.5. The Kier molecular flexibility index (Phi) is 6.94. The molecule has 0 unspecified atom stereocenters. The number of carboxylic acids is 2. The van der Waals surface area contributed by atoms with Gasteiger partial charge in [0, 0.05) is 33.8 Å². The van der Waals surface area contributed by atoms with E-state index in [1.54, 1.807) is 66.7 Å². The van der Waals surface area contributed by atoms with Crippen molar-refractivity contribution in [2.45, 2.75) is 0 Å². The zero-order valence-electron chi connectivity index (χ0n) is 24.2. The van der Waals surface area contributed by atoms with E-state index in [4.69, 9.17) is 4.74 Å². The molecule has 1 aromatic heterocycles. The van der Waals surface area contributed by atoms with Gasteiger partial charge in [-0.1, -0.05) is 54.6 Å². The number of aromatic nitrogens is 1. The van der Waals surface area contributed by atoms with Crippen molar-refractivity contribution in [3.63, 3.8) is 0 Å². The van der Waals surface area contributed by atoms with Crippen molar-refractivity contribution in [1.82, 2.24) is 4.98 Å². The summed E-state index contributed by atoms with van der Waals surface area (Å²) in [6, 6.07) is 28.2. The van der Waals surface area contributed by atoms with Gasteiger partial charge >= 0.3 is 11.9 Å². The van der Waals surface area contributed by atoms with E-state index in [1.165, 1.54) is 42.5 Å². The number of fused-ring (bicyclic) bond motifs is 2. The number of rotatable bonds is 8. The van der Waals surface area contributed by atoms with Crippen molar-refractivity contribution in [1.29, 1.82) is 0 Å². The summed E-state index contributed by atoms with van der Waals surface area (Å²) in [6.45, 7) is 0. The van der Waals surface area contributed by atoms with Crippen LogP contribution in [0.5, 0.6) is 11.5 Å². The number of nitrogens with one attached hydrogen (secondary N) is 2. The van der Waals surface area contributed by atoms with Gasteiger partial charge in [-0.25, -0.2) is 9.59 Å². The number of anilines is 2. The molecule has 0 aliphatic heterocycles. The first-order valence-corrected chi connectivity index (χ1v) is 14.3. The second kappa shape index (κ2) is 11.3. The first-order valence-electron chi connectivity index (χ1n) is 14.3. The first-order chi connectivity index (χ1) is 22.7. The van der Waals surface area contributed by atoms with Crippen LogP contribution >= 0.6 is 0 Å². The van der Waals surface area contributed by atoms with E-state index in [2.05, 4.69) is 10.3 Å². The molecule has 1 aliphatic rings. The number of carboxylic acid groups (broad SMARTS) is 2. The highest BCUT2D eigenvalue weighted by Crippen LogP contribution is 2.47. The Bertz CT molecular complexity index is 2340. The summed E-state index contributed by atoms with van der Waals surface area (Å²) < 4.78 is 6.22. The van der Waals surface area contributed by atoms with E-state index in [0.29, 0.717) is 11.3 Å². The molecule has 0 saturated heterocycles. The third kappa shape index (κ3) is 4.99. The Balaban J connectivity index is 1.53. The molecule has 0 atom stereocenters. The van der Waals surface area contributed by atoms with Crippen LogP contribution in [-0.4, -0.2) is 38.7 Å². The zero-order chi connectivity index (χ0) is 32.8. The van der Waals surface area contributed by atoms with E-state index in [1.807, 2.05) is 0 Å².